The van der Waals surface area contributed by atoms with Crippen molar-refractivity contribution >= 4 is 23.4 Å². The van der Waals surface area contributed by atoms with Crippen LogP contribution in [0, 0.1) is 11.6 Å². The minimum atomic E-state index is -0.441. The van der Waals surface area contributed by atoms with Crippen molar-refractivity contribution in [2.75, 3.05) is 0 Å². The molecule has 0 aliphatic rings. The Hall–Kier alpha value is -2.18. The van der Waals surface area contributed by atoms with E-state index >= 15 is 0 Å². The van der Waals surface area contributed by atoms with Gasteiger partial charge in [0.25, 0.3) is 5.56 Å². The first-order valence-electron chi connectivity index (χ1n) is 6.95. The largest absolute Gasteiger partial charge is 0.287 e. The van der Waals surface area contributed by atoms with Gasteiger partial charge in [0.1, 0.15) is 11.6 Å². The van der Waals surface area contributed by atoms with Crippen molar-refractivity contribution in [1.29, 1.82) is 0 Å². The summed E-state index contributed by atoms with van der Waals surface area (Å²) in [7, 11) is 0. The molecule has 1 aromatic heterocycles. The SMILES string of the molecule is O=c1c(SCc2c(F)cccc2Cl)nccn1-c1cccc(F)c1. The molecule has 0 fully saturated rings. The highest BCUT2D eigenvalue weighted by atomic mass is 35.5. The molecule has 0 unspecified atom stereocenters. The third kappa shape index (κ3) is 3.49. The fourth-order valence-corrected chi connectivity index (χ4v) is 3.37. The molecule has 2 aromatic carbocycles. The van der Waals surface area contributed by atoms with Gasteiger partial charge in [-0.1, -0.05) is 35.5 Å². The lowest BCUT2D eigenvalue weighted by Gasteiger charge is -2.08. The van der Waals surface area contributed by atoms with E-state index in [2.05, 4.69) is 4.98 Å². The van der Waals surface area contributed by atoms with E-state index in [1.165, 1.54) is 47.3 Å². The summed E-state index contributed by atoms with van der Waals surface area (Å²) in [5, 5.41) is 0.477. The van der Waals surface area contributed by atoms with Crippen molar-refractivity contribution in [3.05, 3.63) is 87.4 Å². The van der Waals surface area contributed by atoms with Gasteiger partial charge >= 0.3 is 0 Å². The molecule has 0 aliphatic heterocycles. The second-order valence-electron chi connectivity index (χ2n) is 4.88. The van der Waals surface area contributed by atoms with Crippen LogP contribution in [-0.2, 0) is 5.75 Å². The molecule has 0 atom stereocenters. The van der Waals surface area contributed by atoms with Gasteiger partial charge in [0, 0.05) is 28.7 Å². The van der Waals surface area contributed by atoms with Gasteiger partial charge in [-0.25, -0.2) is 13.8 Å². The van der Waals surface area contributed by atoms with E-state index < -0.39 is 17.2 Å². The molecule has 0 spiro atoms. The summed E-state index contributed by atoms with van der Waals surface area (Å²) in [6, 6.07) is 10.1. The monoisotopic (exact) mass is 364 g/mol. The van der Waals surface area contributed by atoms with Gasteiger partial charge < -0.3 is 0 Å². The quantitative estimate of drug-likeness (QED) is 0.641. The maximum absolute atomic E-state index is 13.8. The van der Waals surface area contributed by atoms with E-state index in [4.69, 9.17) is 11.6 Å². The van der Waals surface area contributed by atoms with Crippen LogP contribution < -0.4 is 5.56 Å². The van der Waals surface area contributed by atoms with Gasteiger partial charge in [0.15, 0.2) is 5.03 Å². The summed E-state index contributed by atoms with van der Waals surface area (Å²) in [4.78, 5) is 16.5. The Morgan fingerprint density at radius 1 is 1.17 bits per heavy atom. The van der Waals surface area contributed by atoms with Crippen molar-refractivity contribution in [3.8, 4) is 5.69 Å². The summed E-state index contributed by atoms with van der Waals surface area (Å²) < 4.78 is 28.4. The molecule has 0 amide bonds. The Labute approximate surface area is 145 Å². The molecule has 24 heavy (non-hydrogen) atoms. The third-order valence-electron chi connectivity index (χ3n) is 3.31. The fourth-order valence-electron chi connectivity index (χ4n) is 2.13. The number of rotatable bonds is 4. The second kappa shape index (κ2) is 7.15. The lowest BCUT2D eigenvalue weighted by atomic mass is 10.2. The summed E-state index contributed by atoms with van der Waals surface area (Å²) in [6.45, 7) is 0. The fraction of sp³-hybridized carbons (Fsp3) is 0.0588. The number of hydrogen-bond acceptors (Lipinski definition) is 3. The number of aromatic nitrogens is 2. The molecule has 0 bridgehead atoms. The van der Waals surface area contributed by atoms with Gasteiger partial charge in [-0.05, 0) is 30.3 Å². The van der Waals surface area contributed by atoms with Gasteiger partial charge in [-0.3, -0.25) is 9.36 Å². The number of benzene rings is 2. The zero-order valence-electron chi connectivity index (χ0n) is 12.2. The molecule has 3 rings (SSSR count). The van der Waals surface area contributed by atoms with Gasteiger partial charge in [0.2, 0.25) is 0 Å². The Bertz CT molecular complexity index is 926. The first-order chi connectivity index (χ1) is 11.6. The highest BCUT2D eigenvalue weighted by molar-refractivity contribution is 7.98. The molecule has 122 valence electrons. The lowest BCUT2D eigenvalue weighted by molar-refractivity contribution is 0.617. The van der Waals surface area contributed by atoms with E-state index in [0.29, 0.717) is 16.3 Å². The average molecular weight is 365 g/mol. The van der Waals surface area contributed by atoms with Crippen LogP contribution in [0.15, 0.2) is 64.7 Å². The van der Waals surface area contributed by atoms with E-state index in [1.54, 1.807) is 12.1 Å². The molecular weight excluding hydrogens is 354 g/mol. The normalized spacial score (nSPS) is 10.8. The Balaban J connectivity index is 1.90. The average Bonchev–Trinajstić information content (AvgIpc) is 2.56. The van der Waals surface area contributed by atoms with E-state index in [-0.39, 0.29) is 10.8 Å². The van der Waals surface area contributed by atoms with Crippen molar-refractivity contribution in [3.63, 3.8) is 0 Å². The van der Waals surface area contributed by atoms with Crippen LogP contribution in [0.4, 0.5) is 8.78 Å². The van der Waals surface area contributed by atoms with Gasteiger partial charge in [0.05, 0.1) is 5.69 Å². The molecule has 0 saturated heterocycles. The maximum Gasteiger partial charge on any atom is 0.287 e. The summed E-state index contributed by atoms with van der Waals surface area (Å²) in [5.74, 6) is -0.707. The minimum Gasteiger partial charge on any atom is -0.280 e. The van der Waals surface area contributed by atoms with Crippen LogP contribution in [0.3, 0.4) is 0 Å². The molecule has 0 saturated carbocycles. The van der Waals surface area contributed by atoms with E-state index in [0.717, 1.165) is 11.8 Å². The maximum atomic E-state index is 13.8. The molecule has 0 aliphatic carbocycles. The van der Waals surface area contributed by atoms with Crippen LogP contribution in [0.2, 0.25) is 5.02 Å². The standard InChI is InChI=1S/C17H11ClF2N2OS/c18-14-5-2-6-15(20)13(14)10-24-16-17(23)22(8-7-21-16)12-4-1-3-11(19)9-12/h1-9H,10H2. The summed E-state index contributed by atoms with van der Waals surface area (Å²) >= 11 is 7.06. The first-order valence-corrected chi connectivity index (χ1v) is 8.32. The molecule has 3 aromatic rings. The van der Waals surface area contributed by atoms with Crippen molar-refractivity contribution in [2.24, 2.45) is 0 Å². The molecule has 0 radical (unpaired) electrons. The topological polar surface area (TPSA) is 34.9 Å². The molecule has 7 heteroatoms. The summed E-state index contributed by atoms with van der Waals surface area (Å²) in [6.07, 6.45) is 2.90. The highest BCUT2D eigenvalue weighted by Crippen LogP contribution is 2.26. The van der Waals surface area contributed by atoms with Crippen LogP contribution in [0.1, 0.15) is 5.56 Å². The lowest BCUT2D eigenvalue weighted by Crippen LogP contribution is -2.20. The predicted molar refractivity (Wildman–Crippen MR) is 90.8 cm³/mol. The van der Waals surface area contributed by atoms with Crippen LogP contribution in [0.25, 0.3) is 5.69 Å². The Morgan fingerprint density at radius 2 is 1.96 bits per heavy atom. The highest BCUT2D eigenvalue weighted by Gasteiger charge is 2.12. The first kappa shape index (κ1) is 16.7. The molecule has 1 heterocycles. The number of halogens is 3. The van der Waals surface area contributed by atoms with Gasteiger partial charge in [-0.15, -0.1) is 0 Å². The zero-order chi connectivity index (χ0) is 17.1. The van der Waals surface area contributed by atoms with E-state index in [9.17, 15) is 13.6 Å². The smallest absolute Gasteiger partial charge is 0.280 e. The van der Waals surface area contributed by atoms with Crippen molar-refractivity contribution in [2.45, 2.75) is 10.8 Å². The van der Waals surface area contributed by atoms with E-state index in [1.807, 2.05) is 0 Å². The second-order valence-corrected chi connectivity index (χ2v) is 6.25. The van der Waals surface area contributed by atoms with Crippen LogP contribution >= 0.6 is 23.4 Å². The van der Waals surface area contributed by atoms with Crippen molar-refractivity contribution < 1.29 is 8.78 Å². The molecular formula is C17H11ClF2N2OS. The van der Waals surface area contributed by atoms with Crippen LogP contribution in [-0.4, -0.2) is 9.55 Å². The summed E-state index contributed by atoms with van der Waals surface area (Å²) in [5.41, 5.74) is 0.306. The van der Waals surface area contributed by atoms with Crippen LogP contribution in [0.5, 0.6) is 0 Å². The van der Waals surface area contributed by atoms with Crippen molar-refractivity contribution in [1.82, 2.24) is 9.55 Å². The molecule has 0 N–H and O–H groups in total. The Kier molecular flexibility index (Phi) is 4.97. The predicted octanol–water partition coefficient (Wildman–Crippen LogP) is 4.46. The van der Waals surface area contributed by atoms with Gasteiger partial charge in [-0.2, -0.15) is 0 Å². The Morgan fingerprint density at radius 3 is 2.71 bits per heavy atom. The minimum absolute atomic E-state index is 0.168. The number of thioether (sulfide) groups is 1. The number of nitrogens with zero attached hydrogens (tertiary/aromatic N) is 2. The molecule has 3 nitrogen and oxygen atoms in total. The zero-order valence-corrected chi connectivity index (χ0v) is 13.8. The number of hydrogen-bond donors (Lipinski definition) is 0. The third-order valence-corrected chi connectivity index (χ3v) is 4.65.